The minimum absolute atomic E-state index is 0.120. The summed E-state index contributed by atoms with van der Waals surface area (Å²) < 4.78 is 14.2. The molecule has 2 unspecified atom stereocenters. The lowest BCUT2D eigenvalue weighted by Crippen LogP contribution is -2.38. The van der Waals surface area contributed by atoms with Crippen LogP contribution in [0.1, 0.15) is 26.7 Å². The maximum absolute atomic E-state index is 14.2. The van der Waals surface area contributed by atoms with Gasteiger partial charge in [0.15, 0.2) is 0 Å². The Kier molecular flexibility index (Phi) is 4.00. The third-order valence-corrected chi connectivity index (χ3v) is 4.01. The van der Waals surface area contributed by atoms with Crippen molar-refractivity contribution in [3.63, 3.8) is 0 Å². The van der Waals surface area contributed by atoms with E-state index in [1.165, 1.54) is 0 Å². The number of aliphatic hydroxyl groups excluding tert-OH is 1. The maximum atomic E-state index is 14.2. The molecular formula is C14H22FNO. The first-order valence-corrected chi connectivity index (χ1v) is 6.53. The molecule has 2 N–H and O–H groups in total. The highest BCUT2D eigenvalue weighted by atomic mass is 19.1. The van der Waals surface area contributed by atoms with Crippen LogP contribution in [0.25, 0.3) is 0 Å². The Hall–Kier alpha value is -0.670. The fraction of sp³-hybridized carbons (Fsp3) is 0.714. The van der Waals surface area contributed by atoms with Crippen LogP contribution in [0.2, 0.25) is 0 Å². The van der Waals surface area contributed by atoms with E-state index < -0.39 is 12.3 Å². The highest BCUT2D eigenvalue weighted by molar-refractivity contribution is 5.35. The number of rotatable bonds is 2. The molecule has 0 spiro atoms. The molecule has 0 aromatic carbocycles. The average Bonchev–Trinajstić information content (AvgIpc) is 2.35. The zero-order chi connectivity index (χ0) is 12.4. The van der Waals surface area contributed by atoms with Gasteiger partial charge in [0.2, 0.25) is 0 Å². The van der Waals surface area contributed by atoms with Gasteiger partial charge in [-0.15, -0.1) is 0 Å². The van der Waals surface area contributed by atoms with Crippen molar-refractivity contribution < 1.29 is 9.50 Å². The average molecular weight is 239 g/mol. The van der Waals surface area contributed by atoms with Crippen LogP contribution in [0.15, 0.2) is 23.3 Å². The lowest BCUT2D eigenvalue weighted by Gasteiger charge is -2.33. The van der Waals surface area contributed by atoms with Crippen molar-refractivity contribution in [1.82, 2.24) is 5.32 Å². The van der Waals surface area contributed by atoms with E-state index >= 15 is 0 Å². The van der Waals surface area contributed by atoms with Gasteiger partial charge in [-0.1, -0.05) is 19.1 Å². The summed E-state index contributed by atoms with van der Waals surface area (Å²) in [6, 6.07) is 0. The summed E-state index contributed by atoms with van der Waals surface area (Å²) in [6.45, 7) is 5.62. The summed E-state index contributed by atoms with van der Waals surface area (Å²) in [5, 5.41) is 13.7. The smallest absolute Gasteiger partial charge is 0.130 e. The van der Waals surface area contributed by atoms with Gasteiger partial charge in [0, 0.05) is 5.92 Å². The predicted molar refractivity (Wildman–Crippen MR) is 67.5 cm³/mol. The number of hydrogen-bond donors (Lipinski definition) is 2. The van der Waals surface area contributed by atoms with Crippen LogP contribution in [0.5, 0.6) is 0 Å². The second-order valence-corrected chi connectivity index (χ2v) is 5.29. The maximum Gasteiger partial charge on any atom is 0.130 e. The molecular weight excluding hydrogens is 217 g/mol. The number of allylic oxidation sites excluding steroid dienone is 3. The molecule has 0 bridgehead atoms. The Morgan fingerprint density at radius 2 is 2.06 bits per heavy atom. The first kappa shape index (κ1) is 12.8. The van der Waals surface area contributed by atoms with E-state index in [1.807, 2.05) is 26.0 Å². The summed E-state index contributed by atoms with van der Waals surface area (Å²) in [6.07, 6.45) is 4.06. The van der Waals surface area contributed by atoms with Gasteiger partial charge in [0.1, 0.15) is 6.17 Å². The van der Waals surface area contributed by atoms with Crippen molar-refractivity contribution in [3.05, 3.63) is 23.3 Å². The first-order valence-electron chi connectivity index (χ1n) is 6.53. The van der Waals surface area contributed by atoms with Crippen LogP contribution in [0, 0.1) is 11.8 Å². The monoisotopic (exact) mass is 239 g/mol. The highest BCUT2D eigenvalue weighted by Gasteiger charge is 2.33. The second kappa shape index (κ2) is 5.32. The van der Waals surface area contributed by atoms with E-state index in [-0.39, 0.29) is 11.8 Å². The molecule has 1 saturated heterocycles. The van der Waals surface area contributed by atoms with Gasteiger partial charge in [0.05, 0.1) is 6.10 Å². The quantitative estimate of drug-likeness (QED) is 0.774. The molecule has 1 fully saturated rings. The largest absolute Gasteiger partial charge is 0.388 e. The van der Waals surface area contributed by atoms with Crippen molar-refractivity contribution in [3.8, 4) is 0 Å². The van der Waals surface area contributed by atoms with Crippen LogP contribution < -0.4 is 5.32 Å². The Bertz CT molecular complexity index is 331. The predicted octanol–water partition coefficient (Wildman–Crippen LogP) is 2.21. The van der Waals surface area contributed by atoms with E-state index in [1.54, 1.807) is 0 Å². The Morgan fingerprint density at radius 1 is 1.41 bits per heavy atom. The van der Waals surface area contributed by atoms with E-state index in [2.05, 4.69) is 5.32 Å². The first-order chi connectivity index (χ1) is 8.11. The van der Waals surface area contributed by atoms with Crippen LogP contribution in [0.3, 0.4) is 0 Å². The fourth-order valence-corrected chi connectivity index (χ4v) is 2.80. The molecule has 3 atom stereocenters. The summed E-state index contributed by atoms with van der Waals surface area (Å²) in [5.41, 5.74) is 1.52. The summed E-state index contributed by atoms with van der Waals surface area (Å²) in [5.74, 6) is 0.0863. The molecule has 2 rings (SSSR count). The molecule has 17 heavy (non-hydrogen) atoms. The summed E-state index contributed by atoms with van der Waals surface area (Å²) in [4.78, 5) is 0. The minimum Gasteiger partial charge on any atom is -0.388 e. The summed E-state index contributed by atoms with van der Waals surface area (Å²) >= 11 is 0. The van der Waals surface area contributed by atoms with Crippen LogP contribution in [-0.4, -0.2) is 30.5 Å². The molecule has 1 heterocycles. The zero-order valence-corrected chi connectivity index (χ0v) is 10.6. The standard InChI is InChI=1S/C14H22FNO/c1-9-3-4-10(2)13(15)12(9)14(17)11-5-7-16-8-6-11/h3-4,10-11,13-14,16-17H,5-8H2,1-2H3/t10?,13?,14-/m0/s1. The van der Waals surface area contributed by atoms with Gasteiger partial charge in [-0.2, -0.15) is 0 Å². The minimum atomic E-state index is -1.02. The number of hydrogen-bond acceptors (Lipinski definition) is 2. The molecule has 96 valence electrons. The highest BCUT2D eigenvalue weighted by Crippen LogP contribution is 2.33. The van der Waals surface area contributed by atoms with Crippen LogP contribution >= 0.6 is 0 Å². The van der Waals surface area contributed by atoms with Gasteiger partial charge in [-0.25, -0.2) is 4.39 Å². The van der Waals surface area contributed by atoms with Crippen molar-refractivity contribution >= 4 is 0 Å². The lowest BCUT2D eigenvalue weighted by molar-refractivity contribution is 0.0981. The molecule has 0 saturated carbocycles. The molecule has 1 aliphatic carbocycles. The fourth-order valence-electron chi connectivity index (χ4n) is 2.80. The third-order valence-electron chi connectivity index (χ3n) is 4.01. The third kappa shape index (κ3) is 2.61. The van der Waals surface area contributed by atoms with E-state index in [0.29, 0.717) is 5.57 Å². The number of piperidine rings is 1. The molecule has 0 amide bonds. The molecule has 2 aliphatic rings. The van der Waals surface area contributed by atoms with Crippen molar-refractivity contribution in [2.75, 3.05) is 13.1 Å². The second-order valence-electron chi connectivity index (χ2n) is 5.29. The molecule has 0 radical (unpaired) electrons. The Balaban J connectivity index is 2.16. The molecule has 0 aromatic rings. The van der Waals surface area contributed by atoms with Crippen molar-refractivity contribution in [1.29, 1.82) is 0 Å². The molecule has 3 heteroatoms. The van der Waals surface area contributed by atoms with Crippen LogP contribution in [0.4, 0.5) is 4.39 Å². The van der Waals surface area contributed by atoms with Gasteiger partial charge in [-0.05, 0) is 49.9 Å². The van der Waals surface area contributed by atoms with Gasteiger partial charge >= 0.3 is 0 Å². The number of aliphatic hydroxyl groups is 1. The van der Waals surface area contributed by atoms with E-state index in [4.69, 9.17) is 0 Å². The number of halogens is 1. The van der Waals surface area contributed by atoms with Gasteiger partial charge in [-0.3, -0.25) is 0 Å². The lowest BCUT2D eigenvalue weighted by atomic mass is 9.79. The zero-order valence-electron chi connectivity index (χ0n) is 10.6. The Labute approximate surface area is 103 Å². The van der Waals surface area contributed by atoms with Crippen molar-refractivity contribution in [2.24, 2.45) is 11.8 Å². The van der Waals surface area contributed by atoms with E-state index in [9.17, 15) is 9.50 Å². The van der Waals surface area contributed by atoms with E-state index in [0.717, 1.165) is 31.5 Å². The molecule has 2 nitrogen and oxygen atoms in total. The number of nitrogens with one attached hydrogen (secondary N) is 1. The molecule has 0 aromatic heterocycles. The summed E-state index contributed by atoms with van der Waals surface area (Å²) in [7, 11) is 0. The van der Waals surface area contributed by atoms with Gasteiger partial charge < -0.3 is 10.4 Å². The van der Waals surface area contributed by atoms with Crippen molar-refractivity contribution in [2.45, 2.75) is 39.0 Å². The van der Waals surface area contributed by atoms with Crippen LogP contribution in [-0.2, 0) is 0 Å². The SMILES string of the molecule is CC1=C([C@@H](O)C2CCNCC2)C(F)C(C)C=C1. The molecule has 1 aliphatic heterocycles. The normalized spacial score (nSPS) is 32.9. The Morgan fingerprint density at radius 3 is 2.71 bits per heavy atom. The van der Waals surface area contributed by atoms with Gasteiger partial charge in [0.25, 0.3) is 0 Å². The number of alkyl halides is 1. The topological polar surface area (TPSA) is 32.3 Å².